The van der Waals surface area contributed by atoms with Gasteiger partial charge in [0.15, 0.2) is 5.96 Å². The largest absolute Gasteiger partial charge is 0.372 e. The van der Waals surface area contributed by atoms with Gasteiger partial charge >= 0.3 is 0 Å². The molecule has 18 heavy (non-hydrogen) atoms. The van der Waals surface area contributed by atoms with E-state index < -0.39 is 0 Å². The summed E-state index contributed by atoms with van der Waals surface area (Å²) < 4.78 is 0. The molecule has 0 aromatic heterocycles. The molecule has 0 bridgehead atoms. The van der Waals surface area contributed by atoms with E-state index in [1.807, 2.05) is 0 Å². The maximum absolute atomic E-state index is 5.32. The highest BCUT2D eigenvalue weighted by Gasteiger charge is 2.15. The van der Waals surface area contributed by atoms with E-state index in [2.05, 4.69) is 41.1 Å². The molecule has 1 aromatic carbocycles. The molecule has 0 unspecified atom stereocenters. The quantitative estimate of drug-likeness (QED) is 0.630. The molecule has 0 saturated carbocycles. The molecule has 0 atom stereocenters. The van der Waals surface area contributed by atoms with Crippen molar-refractivity contribution in [3.63, 3.8) is 0 Å². The fraction of sp³-hybridized carbons (Fsp3) is 0.500. The van der Waals surface area contributed by atoms with Gasteiger partial charge in [0.2, 0.25) is 0 Å². The van der Waals surface area contributed by atoms with E-state index in [-0.39, 0.29) is 5.96 Å². The maximum Gasteiger partial charge on any atom is 0.186 e. The number of piperidine rings is 1. The Morgan fingerprint density at radius 2 is 1.83 bits per heavy atom. The zero-order valence-corrected chi connectivity index (χ0v) is 11.0. The molecule has 4 nitrogen and oxygen atoms in total. The third-order valence-corrected chi connectivity index (χ3v) is 3.53. The summed E-state index contributed by atoms with van der Waals surface area (Å²) in [5.41, 5.74) is 13.1. The maximum atomic E-state index is 5.32. The second-order valence-electron chi connectivity index (χ2n) is 5.08. The smallest absolute Gasteiger partial charge is 0.186 e. The predicted octanol–water partition coefficient (Wildman–Crippen LogP) is 1.70. The molecule has 1 aromatic rings. The van der Waals surface area contributed by atoms with Gasteiger partial charge in [-0.25, -0.2) is 4.99 Å². The molecule has 0 spiro atoms. The third kappa shape index (κ3) is 3.39. The van der Waals surface area contributed by atoms with Crippen LogP contribution in [0.1, 0.15) is 25.3 Å². The SMILES string of the molecule is CC1CCN(c2ccc(CN=C(N)N)cc2)CC1. The number of nitrogens with two attached hydrogens (primary N) is 2. The normalized spacial score (nSPS) is 16.6. The fourth-order valence-corrected chi connectivity index (χ4v) is 2.26. The molecule has 1 aliphatic rings. The van der Waals surface area contributed by atoms with Gasteiger partial charge in [-0.3, -0.25) is 0 Å². The van der Waals surface area contributed by atoms with Crippen LogP contribution in [0.15, 0.2) is 29.3 Å². The number of rotatable bonds is 3. The Bertz CT molecular complexity index is 398. The lowest BCUT2D eigenvalue weighted by Gasteiger charge is -2.32. The van der Waals surface area contributed by atoms with Crippen molar-refractivity contribution < 1.29 is 0 Å². The lowest BCUT2D eigenvalue weighted by Crippen LogP contribution is -2.32. The van der Waals surface area contributed by atoms with Crippen LogP contribution in [0.5, 0.6) is 0 Å². The molecule has 1 heterocycles. The Labute approximate surface area is 109 Å². The monoisotopic (exact) mass is 246 g/mol. The van der Waals surface area contributed by atoms with Crippen molar-refractivity contribution in [1.82, 2.24) is 0 Å². The zero-order valence-electron chi connectivity index (χ0n) is 11.0. The van der Waals surface area contributed by atoms with Crippen molar-refractivity contribution in [2.45, 2.75) is 26.3 Å². The lowest BCUT2D eigenvalue weighted by atomic mass is 9.99. The van der Waals surface area contributed by atoms with Gasteiger partial charge in [0.05, 0.1) is 6.54 Å². The predicted molar refractivity (Wildman–Crippen MR) is 76.6 cm³/mol. The first-order valence-electron chi connectivity index (χ1n) is 6.54. The first kappa shape index (κ1) is 12.7. The van der Waals surface area contributed by atoms with Crippen LogP contribution in [-0.2, 0) is 6.54 Å². The highest BCUT2D eigenvalue weighted by Crippen LogP contribution is 2.23. The minimum Gasteiger partial charge on any atom is -0.372 e. The highest BCUT2D eigenvalue weighted by atomic mass is 15.1. The molecule has 1 saturated heterocycles. The van der Waals surface area contributed by atoms with Crippen LogP contribution in [0.2, 0.25) is 0 Å². The molecule has 0 aliphatic carbocycles. The van der Waals surface area contributed by atoms with E-state index in [0.29, 0.717) is 6.54 Å². The Morgan fingerprint density at radius 3 is 2.39 bits per heavy atom. The minimum atomic E-state index is 0.143. The summed E-state index contributed by atoms with van der Waals surface area (Å²) in [7, 11) is 0. The van der Waals surface area contributed by atoms with Crippen molar-refractivity contribution in [2.75, 3.05) is 18.0 Å². The summed E-state index contributed by atoms with van der Waals surface area (Å²) in [6.07, 6.45) is 2.57. The molecule has 4 N–H and O–H groups in total. The number of benzene rings is 1. The molecule has 1 aliphatic heterocycles. The molecule has 0 amide bonds. The van der Waals surface area contributed by atoms with Crippen molar-refractivity contribution in [3.8, 4) is 0 Å². The average Bonchev–Trinajstić information content (AvgIpc) is 2.38. The van der Waals surface area contributed by atoms with Crippen LogP contribution in [0.25, 0.3) is 0 Å². The van der Waals surface area contributed by atoms with Gasteiger partial charge < -0.3 is 16.4 Å². The van der Waals surface area contributed by atoms with E-state index in [0.717, 1.165) is 24.6 Å². The molecule has 4 heteroatoms. The van der Waals surface area contributed by atoms with Gasteiger partial charge in [-0.1, -0.05) is 19.1 Å². The molecule has 98 valence electrons. The fourth-order valence-electron chi connectivity index (χ4n) is 2.26. The summed E-state index contributed by atoms with van der Waals surface area (Å²) in [5, 5.41) is 0. The average molecular weight is 246 g/mol. The number of hydrogen-bond donors (Lipinski definition) is 2. The standard InChI is InChI=1S/C14H22N4/c1-11-6-8-18(9-7-11)13-4-2-12(3-5-13)10-17-14(15)16/h2-5,11H,6-10H2,1H3,(H4,15,16,17). The van der Waals surface area contributed by atoms with Crippen LogP contribution in [-0.4, -0.2) is 19.0 Å². The molecule has 0 radical (unpaired) electrons. The Morgan fingerprint density at radius 1 is 1.22 bits per heavy atom. The van der Waals surface area contributed by atoms with Gasteiger partial charge in [-0.05, 0) is 36.5 Å². The molecule has 2 rings (SSSR count). The van der Waals surface area contributed by atoms with E-state index in [4.69, 9.17) is 11.5 Å². The van der Waals surface area contributed by atoms with Crippen LogP contribution in [0.4, 0.5) is 5.69 Å². The van der Waals surface area contributed by atoms with E-state index in [1.54, 1.807) is 0 Å². The van der Waals surface area contributed by atoms with Crippen molar-refractivity contribution in [2.24, 2.45) is 22.4 Å². The number of hydrogen-bond acceptors (Lipinski definition) is 2. The summed E-state index contributed by atoms with van der Waals surface area (Å²) in [6, 6.07) is 8.51. The third-order valence-electron chi connectivity index (χ3n) is 3.53. The number of nitrogens with zero attached hydrogens (tertiary/aromatic N) is 2. The Hall–Kier alpha value is -1.71. The molecular formula is C14H22N4. The topological polar surface area (TPSA) is 67.6 Å². The van der Waals surface area contributed by atoms with Gasteiger partial charge in [0.25, 0.3) is 0 Å². The number of anilines is 1. The van der Waals surface area contributed by atoms with E-state index in [9.17, 15) is 0 Å². The van der Waals surface area contributed by atoms with Gasteiger partial charge in [-0.2, -0.15) is 0 Å². The minimum absolute atomic E-state index is 0.143. The first-order valence-corrected chi connectivity index (χ1v) is 6.54. The van der Waals surface area contributed by atoms with Gasteiger partial charge in [0, 0.05) is 18.8 Å². The Balaban J connectivity index is 1.97. The summed E-state index contributed by atoms with van der Waals surface area (Å²) in [5.74, 6) is 1.01. The van der Waals surface area contributed by atoms with Gasteiger partial charge in [-0.15, -0.1) is 0 Å². The Kier molecular flexibility index (Phi) is 4.07. The zero-order chi connectivity index (χ0) is 13.0. The summed E-state index contributed by atoms with van der Waals surface area (Å²) >= 11 is 0. The van der Waals surface area contributed by atoms with Crippen molar-refractivity contribution in [1.29, 1.82) is 0 Å². The summed E-state index contributed by atoms with van der Waals surface area (Å²) in [4.78, 5) is 6.45. The molecular weight excluding hydrogens is 224 g/mol. The van der Waals surface area contributed by atoms with Crippen LogP contribution in [0.3, 0.4) is 0 Å². The van der Waals surface area contributed by atoms with E-state index in [1.165, 1.54) is 18.5 Å². The number of guanidine groups is 1. The second kappa shape index (κ2) is 5.76. The van der Waals surface area contributed by atoms with Crippen LogP contribution >= 0.6 is 0 Å². The number of aliphatic imine (C=N–C) groups is 1. The first-order chi connectivity index (χ1) is 8.65. The van der Waals surface area contributed by atoms with E-state index >= 15 is 0 Å². The van der Waals surface area contributed by atoms with Crippen LogP contribution in [0, 0.1) is 5.92 Å². The summed E-state index contributed by atoms with van der Waals surface area (Å²) in [6.45, 7) is 5.21. The molecule has 1 fully saturated rings. The van der Waals surface area contributed by atoms with Crippen molar-refractivity contribution >= 4 is 11.6 Å². The van der Waals surface area contributed by atoms with Crippen LogP contribution < -0.4 is 16.4 Å². The highest BCUT2D eigenvalue weighted by molar-refractivity contribution is 5.75. The second-order valence-corrected chi connectivity index (χ2v) is 5.08. The van der Waals surface area contributed by atoms with Crippen molar-refractivity contribution in [3.05, 3.63) is 29.8 Å². The van der Waals surface area contributed by atoms with Gasteiger partial charge in [0.1, 0.15) is 0 Å². The lowest BCUT2D eigenvalue weighted by molar-refractivity contribution is 0.438.